The van der Waals surface area contributed by atoms with Crippen molar-refractivity contribution in [1.82, 2.24) is 9.71 Å². The Kier molecular flexibility index (Phi) is 4.72. The van der Waals surface area contributed by atoms with Gasteiger partial charge in [-0.05, 0) is 31.2 Å². The maximum Gasteiger partial charge on any atom is 0.240 e. The van der Waals surface area contributed by atoms with Gasteiger partial charge >= 0.3 is 0 Å². The summed E-state index contributed by atoms with van der Waals surface area (Å²) in [4.78, 5) is 4.56. The summed E-state index contributed by atoms with van der Waals surface area (Å²) in [6.45, 7) is 2.28. The second-order valence-electron chi connectivity index (χ2n) is 3.96. The van der Waals surface area contributed by atoms with Gasteiger partial charge in [0.15, 0.2) is 0 Å². The van der Waals surface area contributed by atoms with E-state index in [1.54, 1.807) is 35.6 Å². The van der Waals surface area contributed by atoms with E-state index in [0.29, 0.717) is 13.0 Å². The number of halogens is 1. The third-order valence-corrected chi connectivity index (χ3v) is 5.29. The number of benzene rings is 1. The Morgan fingerprint density at radius 2 is 2.00 bits per heavy atom. The molecular weight excluding hydrogens is 348 g/mol. The van der Waals surface area contributed by atoms with Gasteiger partial charge in [0.2, 0.25) is 10.0 Å². The zero-order chi connectivity index (χ0) is 13.9. The average molecular weight is 361 g/mol. The van der Waals surface area contributed by atoms with Crippen molar-refractivity contribution in [2.45, 2.75) is 18.2 Å². The minimum atomic E-state index is -3.44. The molecule has 4 nitrogen and oxygen atoms in total. The predicted octanol–water partition coefficient (Wildman–Crippen LogP) is 2.74. The van der Waals surface area contributed by atoms with Crippen molar-refractivity contribution < 1.29 is 8.42 Å². The quantitative estimate of drug-likeness (QED) is 0.891. The second-order valence-corrected chi connectivity index (χ2v) is 7.70. The summed E-state index contributed by atoms with van der Waals surface area (Å²) in [5, 5.41) is 2.94. The van der Waals surface area contributed by atoms with Gasteiger partial charge in [0, 0.05) is 22.8 Å². The van der Waals surface area contributed by atoms with Crippen LogP contribution < -0.4 is 4.72 Å². The molecule has 0 fully saturated rings. The highest BCUT2D eigenvalue weighted by molar-refractivity contribution is 9.10. The first-order chi connectivity index (χ1) is 8.97. The fourth-order valence-electron chi connectivity index (χ4n) is 1.53. The van der Waals surface area contributed by atoms with Crippen LogP contribution in [-0.2, 0) is 16.4 Å². The first kappa shape index (κ1) is 14.6. The Labute approximate surface area is 125 Å². The molecule has 19 heavy (non-hydrogen) atoms. The zero-order valence-electron chi connectivity index (χ0n) is 10.3. The van der Waals surface area contributed by atoms with E-state index in [4.69, 9.17) is 0 Å². The smallest absolute Gasteiger partial charge is 0.240 e. The maximum atomic E-state index is 12.0. The Balaban J connectivity index is 1.96. The van der Waals surface area contributed by atoms with Crippen molar-refractivity contribution in [1.29, 1.82) is 0 Å². The van der Waals surface area contributed by atoms with Crippen LogP contribution in [0.5, 0.6) is 0 Å². The van der Waals surface area contributed by atoms with E-state index in [2.05, 4.69) is 25.6 Å². The molecule has 0 amide bonds. The van der Waals surface area contributed by atoms with Crippen molar-refractivity contribution in [2.75, 3.05) is 6.54 Å². The lowest BCUT2D eigenvalue weighted by Gasteiger charge is -2.05. The summed E-state index contributed by atoms with van der Waals surface area (Å²) >= 11 is 4.84. The molecule has 0 aliphatic rings. The Morgan fingerprint density at radius 3 is 2.58 bits per heavy atom. The number of aryl methyl sites for hydroxylation is 1. The fraction of sp³-hybridized carbons (Fsp3) is 0.250. The molecule has 0 spiro atoms. The lowest BCUT2D eigenvalue weighted by Crippen LogP contribution is -2.26. The molecule has 0 radical (unpaired) electrons. The summed E-state index contributed by atoms with van der Waals surface area (Å²) in [7, 11) is -3.44. The zero-order valence-corrected chi connectivity index (χ0v) is 13.5. The summed E-state index contributed by atoms with van der Waals surface area (Å²) < 4.78 is 27.4. The molecule has 1 N–H and O–H groups in total. The van der Waals surface area contributed by atoms with Gasteiger partial charge in [0.05, 0.1) is 15.6 Å². The van der Waals surface area contributed by atoms with E-state index < -0.39 is 10.0 Å². The first-order valence-electron chi connectivity index (χ1n) is 5.63. The van der Waals surface area contributed by atoms with Gasteiger partial charge in [-0.1, -0.05) is 15.9 Å². The van der Waals surface area contributed by atoms with Crippen molar-refractivity contribution in [3.05, 3.63) is 44.8 Å². The second kappa shape index (κ2) is 6.13. The number of sulfonamides is 1. The van der Waals surface area contributed by atoms with E-state index in [0.717, 1.165) is 15.2 Å². The molecule has 0 aliphatic heterocycles. The molecule has 2 rings (SSSR count). The molecule has 0 bridgehead atoms. The van der Waals surface area contributed by atoms with Gasteiger partial charge in [-0.15, -0.1) is 11.3 Å². The van der Waals surface area contributed by atoms with E-state index >= 15 is 0 Å². The molecule has 102 valence electrons. The largest absolute Gasteiger partial charge is 0.247 e. The van der Waals surface area contributed by atoms with Gasteiger partial charge in [-0.3, -0.25) is 0 Å². The van der Waals surface area contributed by atoms with Gasteiger partial charge < -0.3 is 0 Å². The molecular formula is C12H13BrN2O2S2. The lowest BCUT2D eigenvalue weighted by molar-refractivity contribution is 0.581. The number of nitrogens with one attached hydrogen (secondary N) is 1. The molecule has 1 aromatic heterocycles. The van der Waals surface area contributed by atoms with Crippen LogP contribution in [0.25, 0.3) is 0 Å². The van der Waals surface area contributed by atoms with E-state index in [-0.39, 0.29) is 4.90 Å². The van der Waals surface area contributed by atoms with Gasteiger partial charge in [0.1, 0.15) is 0 Å². The number of hydrogen-bond acceptors (Lipinski definition) is 4. The van der Waals surface area contributed by atoms with Crippen LogP contribution in [-0.4, -0.2) is 19.9 Å². The van der Waals surface area contributed by atoms with E-state index in [1.165, 1.54) is 0 Å². The van der Waals surface area contributed by atoms with Gasteiger partial charge in [-0.25, -0.2) is 18.1 Å². The Morgan fingerprint density at radius 1 is 1.32 bits per heavy atom. The van der Waals surface area contributed by atoms with Crippen LogP contribution in [0.2, 0.25) is 0 Å². The fourth-order valence-corrected chi connectivity index (χ4v) is 3.48. The summed E-state index contributed by atoms with van der Waals surface area (Å²) in [6.07, 6.45) is 0.597. The number of aromatic nitrogens is 1. The van der Waals surface area contributed by atoms with Crippen LogP contribution >= 0.6 is 27.3 Å². The molecule has 0 saturated carbocycles. The molecule has 0 aliphatic carbocycles. The summed E-state index contributed by atoms with van der Waals surface area (Å²) in [5.41, 5.74) is 0.918. The van der Waals surface area contributed by atoms with Crippen molar-refractivity contribution in [3.8, 4) is 0 Å². The normalized spacial score (nSPS) is 11.7. The predicted molar refractivity (Wildman–Crippen MR) is 79.9 cm³/mol. The van der Waals surface area contributed by atoms with Crippen LogP contribution in [0.1, 0.15) is 10.7 Å². The average Bonchev–Trinajstić information content (AvgIpc) is 2.75. The van der Waals surface area contributed by atoms with E-state index in [1.807, 2.05) is 12.3 Å². The molecule has 1 heterocycles. The third kappa shape index (κ3) is 4.10. The van der Waals surface area contributed by atoms with Crippen molar-refractivity contribution in [2.24, 2.45) is 0 Å². The minimum absolute atomic E-state index is 0.269. The molecule has 0 unspecified atom stereocenters. The molecule has 2 aromatic rings. The highest BCUT2D eigenvalue weighted by Gasteiger charge is 2.13. The molecule has 0 saturated heterocycles. The maximum absolute atomic E-state index is 12.0. The van der Waals surface area contributed by atoms with Crippen LogP contribution in [0.15, 0.2) is 39.0 Å². The third-order valence-electron chi connectivity index (χ3n) is 2.46. The van der Waals surface area contributed by atoms with Gasteiger partial charge in [-0.2, -0.15) is 0 Å². The van der Waals surface area contributed by atoms with Crippen LogP contribution in [0.4, 0.5) is 0 Å². The van der Waals surface area contributed by atoms with Crippen molar-refractivity contribution in [3.63, 3.8) is 0 Å². The topological polar surface area (TPSA) is 59.1 Å². The van der Waals surface area contributed by atoms with Crippen LogP contribution in [0, 0.1) is 6.92 Å². The van der Waals surface area contributed by atoms with E-state index in [9.17, 15) is 8.42 Å². The number of hydrogen-bond donors (Lipinski definition) is 1. The highest BCUT2D eigenvalue weighted by Crippen LogP contribution is 2.14. The van der Waals surface area contributed by atoms with Crippen molar-refractivity contribution >= 4 is 37.3 Å². The SMILES string of the molecule is Cc1nc(CCNS(=O)(=O)c2ccc(Br)cc2)cs1. The first-order valence-corrected chi connectivity index (χ1v) is 8.79. The Hall–Kier alpha value is -0.760. The standard InChI is InChI=1S/C12H13BrN2O2S2/c1-9-15-11(8-18-9)6-7-14-19(16,17)12-4-2-10(13)3-5-12/h2-5,8,14H,6-7H2,1H3. The lowest BCUT2D eigenvalue weighted by atomic mass is 10.3. The molecule has 1 aromatic carbocycles. The Bertz CT molecular complexity index is 651. The number of nitrogens with zero attached hydrogens (tertiary/aromatic N) is 1. The minimum Gasteiger partial charge on any atom is -0.247 e. The summed E-state index contributed by atoms with van der Waals surface area (Å²) in [5.74, 6) is 0. The van der Waals surface area contributed by atoms with Gasteiger partial charge in [0.25, 0.3) is 0 Å². The summed E-state index contributed by atoms with van der Waals surface area (Å²) in [6, 6.07) is 6.55. The number of thiazole rings is 1. The monoisotopic (exact) mass is 360 g/mol. The van der Waals surface area contributed by atoms with Crippen LogP contribution in [0.3, 0.4) is 0 Å². The molecule has 0 atom stereocenters. The highest BCUT2D eigenvalue weighted by atomic mass is 79.9. The molecule has 7 heteroatoms. The number of rotatable bonds is 5.